The Morgan fingerprint density at radius 3 is 1.91 bits per heavy atom. The molecule has 0 fully saturated rings. The summed E-state index contributed by atoms with van der Waals surface area (Å²) in [6.07, 6.45) is 1.77. The van der Waals surface area contributed by atoms with Crippen molar-refractivity contribution in [2.45, 2.75) is 64.1 Å². The Morgan fingerprint density at radius 2 is 1.43 bits per heavy atom. The van der Waals surface area contributed by atoms with E-state index >= 15 is 0 Å². The zero-order valence-corrected chi connectivity index (χ0v) is 20.3. The summed E-state index contributed by atoms with van der Waals surface area (Å²) in [5.41, 5.74) is 26.8. The van der Waals surface area contributed by atoms with Gasteiger partial charge in [-0.15, -0.1) is 0 Å². The van der Waals surface area contributed by atoms with Crippen molar-refractivity contribution in [2.24, 2.45) is 44.6 Å². The van der Waals surface area contributed by atoms with E-state index in [-0.39, 0.29) is 30.8 Å². The van der Waals surface area contributed by atoms with Gasteiger partial charge in [-0.2, -0.15) is 0 Å². The van der Waals surface area contributed by atoms with Crippen LogP contribution < -0.4 is 44.6 Å². The van der Waals surface area contributed by atoms with E-state index in [0.717, 1.165) is 0 Å². The van der Waals surface area contributed by atoms with Gasteiger partial charge in [-0.05, 0) is 31.6 Å². The van der Waals surface area contributed by atoms with E-state index in [1.54, 1.807) is 13.8 Å². The van der Waals surface area contributed by atoms with Gasteiger partial charge in [0.1, 0.15) is 12.1 Å². The molecule has 15 nitrogen and oxygen atoms in total. The largest absolute Gasteiger partial charge is 0.480 e. The molecule has 4 unspecified atom stereocenters. The summed E-state index contributed by atoms with van der Waals surface area (Å²) >= 11 is 0. The first-order valence-electron chi connectivity index (χ1n) is 11.4. The fourth-order valence-electron chi connectivity index (χ4n) is 2.90. The molecule has 0 aromatic heterocycles. The highest BCUT2D eigenvalue weighted by atomic mass is 16.4. The van der Waals surface area contributed by atoms with Gasteiger partial charge in [0.05, 0.1) is 12.6 Å². The SMILES string of the molecule is CCC(C)C(NC(=O)C(CCCN=C(N)N)NC(=O)CNC(=O)C(N)CCCN=C(N)N)C(=O)O. The van der Waals surface area contributed by atoms with E-state index in [4.69, 9.17) is 28.7 Å². The summed E-state index contributed by atoms with van der Waals surface area (Å²) in [5, 5.41) is 16.8. The number of amides is 3. The van der Waals surface area contributed by atoms with Gasteiger partial charge in [-0.3, -0.25) is 24.4 Å². The van der Waals surface area contributed by atoms with Crippen LogP contribution in [0.1, 0.15) is 46.0 Å². The van der Waals surface area contributed by atoms with E-state index in [9.17, 15) is 24.3 Å². The molecule has 35 heavy (non-hydrogen) atoms. The second kappa shape index (κ2) is 16.9. The van der Waals surface area contributed by atoms with Crippen molar-refractivity contribution in [3.05, 3.63) is 0 Å². The number of carboxylic acids is 1. The summed E-state index contributed by atoms with van der Waals surface area (Å²) in [7, 11) is 0. The second-order valence-corrected chi connectivity index (χ2v) is 8.05. The minimum atomic E-state index is -1.18. The third kappa shape index (κ3) is 14.3. The maximum atomic E-state index is 12.8. The van der Waals surface area contributed by atoms with E-state index in [1.165, 1.54) is 0 Å². The Labute approximate surface area is 204 Å². The Kier molecular flexibility index (Phi) is 15.2. The first-order chi connectivity index (χ1) is 16.4. The number of nitrogens with zero attached hydrogens (tertiary/aromatic N) is 2. The average Bonchev–Trinajstić information content (AvgIpc) is 2.79. The number of carbonyl (C=O) groups is 4. The molecule has 3 amide bonds. The lowest BCUT2D eigenvalue weighted by atomic mass is 9.98. The van der Waals surface area contributed by atoms with Crippen LogP contribution in [0.5, 0.6) is 0 Å². The lowest BCUT2D eigenvalue weighted by molar-refractivity contribution is -0.143. The maximum Gasteiger partial charge on any atom is 0.326 e. The van der Waals surface area contributed by atoms with Crippen LogP contribution in [0.3, 0.4) is 0 Å². The van der Waals surface area contributed by atoms with Crippen LogP contribution in [0.15, 0.2) is 9.98 Å². The van der Waals surface area contributed by atoms with Crippen molar-refractivity contribution in [2.75, 3.05) is 19.6 Å². The van der Waals surface area contributed by atoms with Crippen LogP contribution in [-0.2, 0) is 19.2 Å². The van der Waals surface area contributed by atoms with Crippen LogP contribution in [0.2, 0.25) is 0 Å². The van der Waals surface area contributed by atoms with Crippen molar-refractivity contribution in [3.8, 4) is 0 Å². The van der Waals surface area contributed by atoms with Gasteiger partial charge in [0.25, 0.3) is 0 Å². The number of aliphatic imine (C=N–C) groups is 2. The monoisotopic (exact) mass is 500 g/mol. The molecular formula is C20H40N10O5. The van der Waals surface area contributed by atoms with E-state index in [1.807, 2.05) is 0 Å². The molecule has 0 aliphatic heterocycles. The Bertz CT molecular complexity index is 765. The van der Waals surface area contributed by atoms with Gasteiger partial charge < -0.3 is 49.7 Å². The van der Waals surface area contributed by atoms with Gasteiger partial charge in [-0.1, -0.05) is 20.3 Å². The number of hydrogen-bond donors (Lipinski definition) is 9. The van der Waals surface area contributed by atoms with Gasteiger partial charge in [-0.25, -0.2) is 4.79 Å². The predicted molar refractivity (Wildman–Crippen MR) is 132 cm³/mol. The first kappa shape index (κ1) is 31.4. The fourth-order valence-corrected chi connectivity index (χ4v) is 2.90. The number of nitrogens with two attached hydrogens (primary N) is 5. The van der Waals surface area contributed by atoms with Crippen LogP contribution in [0, 0.1) is 5.92 Å². The zero-order chi connectivity index (χ0) is 27.0. The molecule has 200 valence electrons. The Hall–Kier alpha value is -3.62. The topological polar surface area (TPSA) is 279 Å². The lowest BCUT2D eigenvalue weighted by Crippen LogP contribution is -2.55. The molecule has 14 N–H and O–H groups in total. The minimum Gasteiger partial charge on any atom is -0.480 e. The van der Waals surface area contributed by atoms with Crippen molar-refractivity contribution in [3.63, 3.8) is 0 Å². The van der Waals surface area contributed by atoms with E-state index in [2.05, 4.69) is 25.9 Å². The molecule has 0 rings (SSSR count). The quantitative estimate of drug-likeness (QED) is 0.0543. The third-order valence-corrected chi connectivity index (χ3v) is 5.10. The van der Waals surface area contributed by atoms with Gasteiger partial charge in [0.2, 0.25) is 17.7 Å². The Balaban J connectivity index is 4.99. The molecule has 0 aromatic carbocycles. The van der Waals surface area contributed by atoms with Gasteiger partial charge in [0, 0.05) is 13.1 Å². The molecule has 15 heteroatoms. The summed E-state index contributed by atoms with van der Waals surface area (Å²) in [6.45, 7) is 3.60. The molecule has 0 radical (unpaired) electrons. The molecule has 0 aliphatic carbocycles. The van der Waals surface area contributed by atoms with Crippen LogP contribution >= 0.6 is 0 Å². The number of aliphatic carboxylic acids is 1. The number of rotatable bonds is 17. The number of hydrogen-bond acceptors (Lipinski definition) is 7. The average molecular weight is 501 g/mol. The number of guanidine groups is 2. The highest BCUT2D eigenvalue weighted by molar-refractivity contribution is 5.92. The van der Waals surface area contributed by atoms with E-state index in [0.29, 0.717) is 32.2 Å². The van der Waals surface area contributed by atoms with Crippen LogP contribution in [0.4, 0.5) is 0 Å². The molecule has 0 saturated carbocycles. The highest BCUT2D eigenvalue weighted by Crippen LogP contribution is 2.09. The van der Waals surface area contributed by atoms with Crippen LogP contribution in [-0.4, -0.2) is 78.5 Å². The number of nitrogens with one attached hydrogen (secondary N) is 3. The molecular weight excluding hydrogens is 460 g/mol. The minimum absolute atomic E-state index is 0.0598. The van der Waals surface area contributed by atoms with Crippen molar-refractivity contribution in [1.82, 2.24) is 16.0 Å². The number of carboxylic acid groups (broad SMARTS) is 1. The smallest absolute Gasteiger partial charge is 0.326 e. The van der Waals surface area contributed by atoms with Crippen molar-refractivity contribution < 1.29 is 24.3 Å². The Morgan fingerprint density at radius 1 is 0.886 bits per heavy atom. The van der Waals surface area contributed by atoms with Gasteiger partial charge in [0.15, 0.2) is 11.9 Å². The first-order valence-corrected chi connectivity index (χ1v) is 11.4. The molecule has 4 atom stereocenters. The van der Waals surface area contributed by atoms with E-state index < -0.39 is 48.4 Å². The van der Waals surface area contributed by atoms with Crippen molar-refractivity contribution >= 4 is 35.6 Å². The molecule has 0 saturated heterocycles. The molecule has 0 heterocycles. The molecule has 0 bridgehead atoms. The zero-order valence-electron chi connectivity index (χ0n) is 20.3. The standard InChI is InChI=1S/C20H40N10O5/c1-3-11(2)15(18(34)35)30-17(33)13(7-5-9-27-20(24)25)29-14(31)10-28-16(32)12(21)6-4-8-26-19(22)23/h11-13,15H,3-10,21H2,1-2H3,(H,28,32)(H,29,31)(H,30,33)(H,34,35)(H4,22,23,26)(H4,24,25,27). The lowest BCUT2D eigenvalue weighted by Gasteiger charge is -2.24. The normalized spacial score (nSPS) is 13.9. The fraction of sp³-hybridized carbons (Fsp3) is 0.700. The van der Waals surface area contributed by atoms with Crippen LogP contribution in [0.25, 0.3) is 0 Å². The summed E-state index contributed by atoms with van der Waals surface area (Å²) in [4.78, 5) is 56.5. The highest BCUT2D eigenvalue weighted by Gasteiger charge is 2.29. The summed E-state index contributed by atoms with van der Waals surface area (Å²) in [5.74, 6) is -3.56. The number of carbonyl (C=O) groups excluding carboxylic acids is 3. The van der Waals surface area contributed by atoms with Crippen molar-refractivity contribution in [1.29, 1.82) is 0 Å². The predicted octanol–water partition coefficient (Wildman–Crippen LogP) is -3.36. The second-order valence-electron chi connectivity index (χ2n) is 8.05. The van der Waals surface area contributed by atoms with Gasteiger partial charge >= 0.3 is 5.97 Å². The third-order valence-electron chi connectivity index (χ3n) is 5.10. The maximum absolute atomic E-state index is 12.8. The summed E-state index contributed by atoms with van der Waals surface area (Å²) in [6, 6.07) is -3.06. The molecule has 0 aliphatic rings. The summed E-state index contributed by atoms with van der Waals surface area (Å²) < 4.78 is 0. The molecule has 0 spiro atoms. The molecule has 0 aromatic rings.